The first-order valence-corrected chi connectivity index (χ1v) is 7.37. The second kappa shape index (κ2) is 8.51. The molecule has 1 aromatic rings. The molecule has 0 aliphatic carbocycles. The van der Waals surface area contributed by atoms with E-state index in [9.17, 15) is 0 Å². The standard InChI is InChI=1S/C14H23BrN2O/c1-3-7-17(8-9-18)14-6-5-12(10-13(14)15)11-16-4-2/h5-6,10,16,18H,3-4,7-9,11H2,1-2H3. The van der Waals surface area contributed by atoms with Gasteiger partial charge in [0.15, 0.2) is 0 Å². The summed E-state index contributed by atoms with van der Waals surface area (Å²) in [6, 6.07) is 6.42. The third kappa shape index (κ3) is 4.59. The molecule has 0 bridgehead atoms. The van der Waals surface area contributed by atoms with Gasteiger partial charge in [-0.05, 0) is 46.6 Å². The Morgan fingerprint density at radius 2 is 2.06 bits per heavy atom. The van der Waals surface area contributed by atoms with Crippen molar-refractivity contribution in [3.63, 3.8) is 0 Å². The number of halogens is 1. The van der Waals surface area contributed by atoms with E-state index in [1.165, 1.54) is 5.56 Å². The van der Waals surface area contributed by atoms with Crippen LogP contribution in [-0.4, -0.2) is 31.3 Å². The van der Waals surface area contributed by atoms with E-state index in [-0.39, 0.29) is 6.61 Å². The van der Waals surface area contributed by atoms with Crippen molar-refractivity contribution < 1.29 is 5.11 Å². The summed E-state index contributed by atoms with van der Waals surface area (Å²) in [5, 5.41) is 12.4. The number of hydrogen-bond acceptors (Lipinski definition) is 3. The van der Waals surface area contributed by atoms with Gasteiger partial charge in [0.1, 0.15) is 0 Å². The Balaban J connectivity index is 2.81. The molecule has 3 nitrogen and oxygen atoms in total. The van der Waals surface area contributed by atoms with Crippen LogP contribution in [-0.2, 0) is 6.54 Å². The second-order valence-electron chi connectivity index (χ2n) is 4.28. The van der Waals surface area contributed by atoms with Gasteiger partial charge in [-0.2, -0.15) is 0 Å². The van der Waals surface area contributed by atoms with Crippen LogP contribution in [0, 0.1) is 0 Å². The van der Waals surface area contributed by atoms with E-state index in [2.05, 4.69) is 58.2 Å². The highest BCUT2D eigenvalue weighted by molar-refractivity contribution is 9.10. The maximum absolute atomic E-state index is 9.12. The van der Waals surface area contributed by atoms with Gasteiger partial charge in [-0.25, -0.2) is 0 Å². The van der Waals surface area contributed by atoms with E-state index in [1.807, 2.05) is 0 Å². The zero-order chi connectivity index (χ0) is 13.4. The third-order valence-corrected chi connectivity index (χ3v) is 3.43. The van der Waals surface area contributed by atoms with Crippen LogP contribution >= 0.6 is 15.9 Å². The largest absolute Gasteiger partial charge is 0.395 e. The van der Waals surface area contributed by atoms with E-state index in [0.717, 1.165) is 36.2 Å². The summed E-state index contributed by atoms with van der Waals surface area (Å²) in [6.07, 6.45) is 1.07. The monoisotopic (exact) mass is 314 g/mol. The van der Waals surface area contributed by atoms with Gasteiger partial charge in [0.2, 0.25) is 0 Å². The van der Waals surface area contributed by atoms with Crippen molar-refractivity contribution in [2.45, 2.75) is 26.8 Å². The van der Waals surface area contributed by atoms with E-state index in [4.69, 9.17) is 5.11 Å². The summed E-state index contributed by atoms with van der Waals surface area (Å²) in [5.74, 6) is 0. The summed E-state index contributed by atoms with van der Waals surface area (Å²) >= 11 is 3.63. The molecule has 0 spiro atoms. The van der Waals surface area contributed by atoms with Crippen molar-refractivity contribution >= 4 is 21.6 Å². The Kier molecular flexibility index (Phi) is 7.32. The lowest BCUT2D eigenvalue weighted by molar-refractivity contribution is 0.302. The zero-order valence-corrected chi connectivity index (χ0v) is 12.8. The average molecular weight is 315 g/mol. The number of benzene rings is 1. The molecule has 4 heteroatoms. The molecular weight excluding hydrogens is 292 g/mol. The fourth-order valence-electron chi connectivity index (χ4n) is 1.93. The Morgan fingerprint density at radius 1 is 1.28 bits per heavy atom. The fraction of sp³-hybridized carbons (Fsp3) is 0.571. The molecule has 2 N–H and O–H groups in total. The first kappa shape index (κ1) is 15.5. The number of anilines is 1. The minimum Gasteiger partial charge on any atom is -0.395 e. The Bertz CT molecular complexity index is 352. The summed E-state index contributed by atoms with van der Waals surface area (Å²) in [5.41, 5.74) is 2.43. The van der Waals surface area contributed by atoms with Gasteiger partial charge in [0.25, 0.3) is 0 Å². The number of hydrogen-bond donors (Lipinski definition) is 2. The van der Waals surface area contributed by atoms with Crippen molar-refractivity contribution in [1.29, 1.82) is 0 Å². The van der Waals surface area contributed by atoms with Crippen molar-refractivity contribution in [1.82, 2.24) is 5.32 Å². The molecular formula is C14H23BrN2O. The van der Waals surface area contributed by atoms with Crippen LogP contribution in [0.1, 0.15) is 25.8 Å². The molecule has 1 aromatic carbocycles. The second-order valence-corrected chi connectivity index (χ2v) is 5.13. The van der Waals surface area contributed by atoms with Gasteiger partial charge in [-0.15, -0.1) is 0 Å². The van der Waals surface area contributed by atoms with Crippen LogP contribution in [0.15, 0.2) is 22.7 Å². The molecule has 0 heterocycles. The number of nitrogens with zero attached hydrogens (tertiary/aromatic N) is 1. The lowest BCUT2D eigenvalue weighted by Crippen LogP contribution is -2.27. The fourth-order valence-corrected chi connectivity index (χ4v) is 2.61. The van der Waals surface area contributed by atoms with Crippen LogP contribution < -0.4 is 10.2 Å². The zero-order valence-electron chi connectivity index (χ0n) is 11.2. The van der Waals surface area contributed by atoms with Crippen molar-refractivity contribution in [2.75, 3.05) is 31.1 Å². The highest BCUT2D eigenvalue weighted by Gasteiger charge is 2.09. The molecule has 0 saturated carbocycles. The van der Waals surface area contributed by atoms with Crippen LogP contribution in [0.2, 0.25) is 0 Å². The van der Waals surface area contributed by atoms with Gasteiger partial charge in [0.05, 0.1) is 12.3 Å². The molecule has 0 atom stereocenters. The Morgan fingerprint density at radius 3 is 2.61 bits per heavy atom. The lowest BCUT2D eigenvalue weighted by atomic mass is 10.2. The van der Waals surface area contributed by atoms with E-state index < -0.39 is 0 Å². The summed E-state index contributed by atoms with van der Waals surface area (Å²) in [7, 11) is 0. The van der Waals surface area contributed by atoms with Gasteiger partial charge >= 0.3 is 0 Å². The minimum absolute atomic E-state index is 0.186. The van der Waals surface area contributed by atoms with Crippen LogP contribution in [0.5, 0.6) is 0 Å². The van der Waals surface area contributed by atoms with Gasteiger partial charge in [-0.3, -0.25) is 0 Å². The Labute approximate surface area is 118 Å². The molecule has 102 valence electrons. The summed E-state index contributed by atoms with van der Waals surface area (Å²) < 4.78 is 1.10. The van der Waals surface area contributed by atoms with Gasteiger partial charge in [0, 0.05) is 24.1 Å². The summed E-state index contributed by atoms with van der Waals surface area (Å²) in [4.78, 5) is 2.21. The van der Waals surface area contributed by atoms with Gasteiger partial charge < -0.3 is 15.3 Å². The van der Waals surface area contributed by atoms with Crippen molar-refractivity contribution in [3.05, 3.63) is 28.2 Å². The number of rotatable bonds is 8. The van der Waals surface area contributed by atoms with Gasteiger partial charge in [-0.1, -0.05) is 19.9 Å². The molecule has 0 aliphatic rings. The molecule has 0 fully saturated rings. The molecule has 0 aliphatic heterocycles. The molecule has 18 heavy (non-hydrogen) atoms. The first-order valence-electron chi connectivity index (χ1n) is 6.57. The maximum atomic E-state index is 9.12. The SMILES string of the molecule is CCCN(CCO)c1ccc(CNCC)cc1Br. The molecule has 0 amide bonds. The van der Waals surface area contributed by atoms with Crippen molar-refractivity contribution in [3.8, 4) is 0 Å². The number of nitrogens with one attached hydrogen (secondary N) is 1. The van der Waals surface area contributed by atoms with Crippen LogP contribution in [0.4, 0.5) is 5.69 Å². The highest BCUT2D eigenvalue weighted by atomic mass is 79.9. The van der Waals surface area contributed by atoms with Crippen LogP contribution in [0.25, 0.3) is 0 Å². The molecule has 0 saturated heterocycles. The molecule has 1 rings (SSSR count). The smallest absolute Gasteiger partial charge is 0.0606 e. The van der Waals surface area contributed by atoms with Crippen LogP contribution in [0.3, 0.4) is 0 Å². The summed E-state index contributed by atoms with van der Waals surface area (Å²) in [6.45, 7) is 7.96. The van der Waals surface area contributed by atoms with E-state index in [0.29, 0.717) is 6.54 Å². The Hall–Kier alpha value is -0.580. The highest BCUT2D eigenvalue weighted by Crippen LogP contribution is 2.27. The number of aliphatic hydroxyl groups is 1. The average Bonchev–Trinajstić information content (AvgIpc) is 2.36. The molecule has 0 unspecified atom stereocenters. The predicted molar refractivity (Wildman–Crippen MR) is 81.1 cm³/mol. The third-order valence-electron chi connectivity index (χ3n) is 2.80. The first-order chi connectivity index (χ1) is 8.72. The molecule has 0 aromatic heterocycles. The maximum Gasteiger partial charge on any atom is 0.0606 e. The number of aliphatic hydroxyl groups excluding tert-OH is 1. The van der Waals surface area contributed by atoms with E-state index in [1.54, 1.807) is 0 Å². The van der Waals surface area contributed by atoms with Crippen molar-refractivity contribution in [2.24, 2.45) is 0 Å². The minimum atomic E-state index is 0.186. The predicted octanol–water partition coefficient (Wildman–Crippen LogP) is 2.77. The topological polar surface area (TPSA) is 35.5 Å². The quantitative estimate of drug-likeness (QED) is 0.774. The van der Waals surface area contributed by atoms with E-state index >= 15 is 0 Å². The normalized spacial score (nSPS) is 10.7. The lowest BCUT2D eigenvalue weighted by Gasteiger charge is -2.25. The molecule has 0 radical (unpaired) electrons.